The number of benzene rings is 1. The van der Waals surface area contributed by atoms with Crippen LogP contribution in [0.5, 0.6) is 17.2 Å². The van der Waals surface area contributed by atoms with E-state index >= 15 is 0 Å². The Morgan fingerprint density at radius 2 is 2.05 bits per heavy atom. The fraction of sp³-hybridized carbons (Fsp3) is 0.214. The predicted octanol–water partition coefficient (Wildman–Crippen LogP) is 1.63. The Kier molecular flexibility index (Phi) is 3.21. The molecule has 1 heterocycles. The Hall–Kier alpha value is -3.03. The molecule has 22 heavy (non-hydrogen) atoms. The first kappa shape index (κ1) is 13.9. The number of fused-ring (bicyclic) bond motifs is 2. The summed E-state index contributed by atoms with van der Waals surface area (Å²) in [7, 11) is 1.41. The van der Waals surface area contributed by atoms with Gasteiger partial charge in [0, 0.05) is 12.2 Å². The van der Waals surface area contributed by atoms with E-state index in [2.05, 4.69) is 0 Å². The van der Waals surface area contributed by atoms with Crippen LogP contribution in [-0.4, -0.2) is 35.3 Å². The molecule has 3 rings (SSSR count). The predicted molar refractivity (Wildman–Crippen MR) is 73.0 cm³/mol. The number of ether oxygens (including phenoxy) is 3. The molecule has 1 aliphatic heterocycles. The Bertz CT molecular complexity index is 722. The maximum atomic E-state index is 11.3. The molecule has 1 aromatic rings. The topological polar surface area (TPSA) is 108 Å². The fourth-order valence-corrected chi connectivity index (χ4v) is 2.33. The maximum Gasteiger partial charge on any atom is 0.339 e. The summed E-state index contributed by atoms with van der Waals surface area (Å²) < 4.78 is 16.5. The summed E-state index contributed by atoms with van der Waals surface area (Å²) in [6.07, 6.45) is 2.73. The molecule has 0 amide bonds. The van der Waals surface area contributed by atoms with Gasteiger partial charge in [0.25, 0.3) is 5.70 Å². The van der Waals surface area contributed by atoms with Crippen LogP contribution in [0.1, 0.15) is 10.4 Å². The van der Waals surface area contributed by atoms with Crippen LogP contribution in [0.3, 0.4) is 0 Å². The molecule has 1 aliphatic carbocycles. The van der Waals surface area contributed by atoms with E-state index < -0.39 is 23.1 Å². The number of hydrogen-bond donors (Lipinski definition) is 1. The first-order valence-electron chi connectivity index (χ1n) is 6.33. The number of carbonyl (C=O) groups is 1. The number of hydrogen-bond acceptors (Lipinski definition) is 6. The van der Waals surface area contributed by atoms with Crippen molar-refractivity contribution in [3.05, 3.63) is 51.7 Å². The average molecular weight is 305 g/mol. The summed E-state index contributed by atoms with van der Waals surface area (Å²) in [6, 6.07) is 2.80. The van der Waals surface area contributed by atoms with E-state index in [1.165, 1.54) is 37.5 Å². The van der Waals surface area contributed by atoms with Gasteiger partial charge in [-0.05, 0) is 18.2 Å². The largest absolute Gasteiger partial charge is 0.493 e. The molecule has 1 N–H and O–H groups in total. The highest BCUT2D eigenvalue weighted by atomic mass is 16.6. The highest BCUT2D eigenvalue weighted by Crippen LogP contribution is 2.45. The minimum atomic E-state index is -1.16. The highest BCUT2D eigenvalue weighted by molar-refractivity contribution is 5.92. The lowest BCUT2D eigenvalue weighted by molar-refractivity contribution is -0.420. The number of carboxylic acids is 1. The third-order valence-electron chi connectivity index (χ3n) is 3.36. The molecular formula is C14H11NO7. The molecule has 2 atom stereocenters. The van der Waals surface area contributed by atoms with E-state index in [0.29, 0.717) is 5.75 Å². The van der Waals surface area contributed by atoms with E-state index in [9.17, 15) is 20.0 Å². The quantitative estimate of drug-likeness (QED) is 0.667. The van der Waals surface area contributed by atoms with Gasteiger partial charge in [-0.15, -0.1) is 0 Å². The lowest BCUT2D eigenvalue weighted by Gasteiger charge is -2.33. The molecule has 2 aliphatic rings. The molecule has 114 valence electrons. The highest BCUT2D eigenvalue weighted by Gasteiger charge is 2.37. The second-order valence-corrected chi connectivity index (χ2v) is 4.65. The van der Waals surface area contributed by atoms with Gasteiger partial charge in [-0.25, -0.2) is 4.79 Å². The molecule has 0 saturated carbocycles. The van der Waals surface area contributed by atoms with Gasteiger partial charge in [-0.2, -0.15) is 0 Å². The van der Waals surface area contributed by atoms with E-state index in [-0.39, 0.29) is 22.8 Å². The van der Waals surface area contributed by atoms with E-state index in [1.54, 1.807) is 0 Å². The van der Waals surface area contributed by atoms with Crippen molar-refractivity contribution >= 4 is 5.97 Å². The Morgan fingerprint density at radius 1 is 1.32 bits per heavy atom. The van der Waals surface area contributed by atoms with Gasteiger partial charge >= 0.3 is 5.97 Å². The molecule has 8 nitrogen and oxygen atoms in total. The number of methoxy groups -OCH3 is 1. The van der Waals surface area contributed by atoms with Crippen molar-refractivity contribution in [2.24, 2.45) is 0 Å². The molecule has 0 fully saturated rings. The normalized spacial score (nSPS) is 21.6. The van der Waals surface area contributed by atoms with Gasteiger partial charge < -0.3 is 19.3 Å². The third kappa shape index (κ3) is 2.14. The lowest BCUT2D eigenvalue weighted by atomic mass is 10.0. The minimum absolute atomic E-state index is 0.0516. The van der Waals surface area contributed by atoms with Crippen LogP contribution in [0.2, 0.25) is 0 Å². The van der Waals surface area contributed by atoms with Crippen LogP contribution >= 0.6 is 0 Å². The van der Waals surface area contributed by atoms with Gasteiger partial charge in [-0.3, -0.25) is 10.1 Å². The Labute approximate surface area is 124 Å². The molecule has 2 unspecified atom stereocenters. The summed E-state index contributed by atoms with van der Waals surface area (Å²) in [5.74, 6) is -0.695. The number of rotatable bonds is 3. The first-order valence-corrected chi connectivity index (χ1v) is 6.33. The zero-order chi connectivity index (χ0) is 15.9. The number of carboxylic acid groups (broad SMARTS) is 1. The third-order valence-corrected chi connectivity index (χ3v) is 3.36. The first-order chi connectivity index (χ1) is 10.5. The van der Waals surface area contributed by atoms with Crippen LogP contribution < -0.4 is 14.2 Å². The van der Waals surface area contributed by atoms with Gasteiger partial charge in [0.1, 0.15) is 5.56 Å². The number of aromatic carboxylic acids is 1. The molecule has 8 heteroatoms. The van der Waals surface area contributed by atoms with Gasteiger partial charge in [0.2, 0.25) is 5.75 Å². The monoisotopic (exact) mass is 305 g/mol. The number of nitrogens with zero attached hydrogens (tertiary/aromatic N) is 1. The summed E-state index contributed by atoms with van der Waals surface area (Å²) in [6.45, 7) is 0. The van der Waals surface area contributed by atoms with Crippen molar-refractivity contribution in [2.75, 3.05) is 7.11 Å². The molecule has 0 spiro atoms. The van der Waals surface area contributed by atoms with E-state index in [1.807, 2.05) is 0 Å². The van der Waals surface area contributed by atoms with Crippen molar-refractivity contribution in [2.45, 2.75) is 12.2 Å². The standard InChI is InChI=1S/C14H11NO7/c1-20-10-5-3-8(14(16)17)12-13(10)22-11-6-7(15(18)19)2-4-9(11)21-12/h2-6,9,11H,1H3,(H,16,17). The Balaban J connectivity index is 2.06. The van der Waals surface area contributed by atoms with Crippen molar-refractivity contribution in [3.63, 3.8) is 0 Å². The molecular weight excluding hydrogens is 294 g/mol. The zero-order valence-corrected chi connectivity index (χ0v) is 11.4. The lowest BCUT2D eigenvalue weighted by Crippen LogP contribution is -2.39. The van der Waals surface area contributed by atoms with Gasteiger partial charge in [0.15, 0.2) is 23.7 Å². The summed E-state index contributed by atoms with van der Waals surface area (Å²) in [5.41, 5.74) is -0.173. The number of allylic oxidation sites excluding steroid dienone is 1. The van der Waals surface area contributed by atoms with Crippen molar-refractivity contribution in [3.8, 4) is 17.2 Å². The fourth-order valence-electron chi connectivity index (χ4n) is 2.33. The van der Waals surface area contributed by atoms with Crippen LogP contribution in [-0.2, 0) is 0 Å². The molecule has 0 saturated heterocycles. The van der Waals surface area contributed by atoms with Crippen LogP contribution in [0.4, 0.5) is 0 Å². The Morgan fingerprint density at radius 3 is 2.68 bits per heavy atom. The van der Waals surface area contributed by atoms with Crippen LogP contribution in [0, 0.1) is 10.1 Å². The maximum absolute atomic E-state index is 11.3. The summed E-state index contributed by atoms with van der Waals surface area (Å²) in [5, 5.41) is 20.0. The minimum Gasteiger partial charge on any atom is -0.493 e. The molecule has 0 radical (unpaired) electrons. The molecule has 1 aromatic carbocycles. The van der Waals surface area contributed by atoms with Crippen molar-refractivity contribution < 1.29 is 29.0 Å². The second-order valence-electron chi connectivity index (χ2n) is 4.65. The molecule has 0 bridgehead atoms. The van der Waals surface area contributed by atoms with E-state index in [0.717, 1.165) is 0 Å². The smallest absolute Gasteiger partial charge is 0.339 e. The molecule has 0 aromatic heterocycles. The van der Waals surface area contributed by atoms with Crippen molar-refractivity contribution in [1.82, 2.24) is 0 Å². The second kappa shape index (κ2) is 5.06. The van der Waals surface area contributed by atoms with Crippen LogP contribution in [0.25, 0.3) is 0 Å². The summed E-state index contributed by atoms with van der Waals surface area (Å²) in [4.78, 5) is 21.6. The van der Waals surface area contributed by atoms with Gasteiger partial charge in [0.05, 0.1) is 12.0 Å². The van der Waals surface area contributed by atoms with Crippen molar-refractivity contribution in [1.29, 1.82) is 0 Å². The van der Waals surface area contributed by atoms with E-state index in [4.69, 9.17) is 14.2 Å². The number of nitro groups is 1. The van der Waals surface area contributed by atoms with Crippen LogP contribution in [0.15, 0.2) is 36.1 Å². The SMILES string of the molecule is COc1ccc(C(=O)O)c2c1OC1C=C([N+](=O)[O-])C=CC1O2. The zero-order valence-electron chi connectivity index (χ0n) is 11.4. The summed E-state index contributed by atoms with van der Waals surface area (Å²) >= 11 is 0. The van der Waals surface area contributed by atoms with Gasteiger partial charge in [-0.1, -0.05) is 0 Å². The average Bonchev–Trinajstić information content (AvgIpc) is 2.50.